The summed E-state index contributed by atoms with van der Waals surface area (Å²) in [6.07, 6.45) is 8.68. The van der Waals surface area contributed by atoms with Crippen LogP contribution in [0.25, 0.3) is 33.9 Å². The second kappa shape index (κ2) is 21.0. The van der Waals surface area contributed by atoms with Gasteiger partial charge in [-0.3, -0.25) is 22.8 Å². The number of imidazole rings is 1. The van der Waals surface area contributed by atoms with Crippen molar-refractivity contribution < 1.29 is 47.8 Å². The number of benzene rings is 1. The first-order valence-electron chi connectivity index (χ1n) is 20.2. The number of aliphatic imine (C=N–C) groups is 1. The molecule has 5 aromatic rings. The quantitative estimate of drug-likeness (QED) is 0.0440. The summed E-state index contributed by atoms with van der Waals surface area (Å²) in [7, 11) is -2.69. The highest BCUT2D eigenvalue weighted by Gasteiger charge is 2.48. The van der Waals surface area contributed by atoms with Crippen LogP contribution in [0, 0.1) is 0 Å². The van der Waals surface area contributed by atoms with Crippen LogP contribution in [-0.2, 0) is 19.1 Å². The SMILES string of the molecule is O=C(CCCCCNC(=O)COc1ccc(/C=C/C2=NC(=C\c3ccc(-c4cccs4)n3B(F)F)/C=C2)cc1)NCCCNc1ncnc2c1ncn2[C@@H]1O[C@H](C(=O)O)[C@@H](O)[C@H]1O. The standard InChI is InChI=1S/C42H44BF2N9O8S/c44-43(45)54-29(14-17-31(54)32-6-4-21-63-32)22-28-13-12-27(52-28)11-8-26-9-15-30(16-10-26)61-23-34(56)47-18-3-1-2-7-33(55)46-19-5-20-48-39-35-40(50-24-49-39)53(25-51-35)41-37(58)36(57)38(62-41)42(59)60/h4,6,8-17,21-22,24-25,36-38,41,57-58H,1-3,5,7,18-20,23H2,(H,46,55)(H,47,56)(H,59,60)(H,48,49,50)/b11-8+,28-22-/t36-,37+,38-,41+/m0/s1. The molecule has 7 rings (SSSR count). The van der Waals surface area contributed by atoms with Gasteiger partial charge in [-0.1, -0.05) is 30.7 Å². The number of ether oxygens (including phenoxy) is 2. The highest BCUT2D eigenvalue weighted by atomic mass is 32.1. The molecule has 4 aromatic heterocycles. The van der Waals surface area contributed by atoms with Gasteiger partial charge in [-0.2, -0.15) is 0 Å². The number of aliphatic hydroxyl groups is 2. The molecule has 63 heavy (non-hydrogen) atoms. The molecule has 1 aromatic carbocycles. The number of fused-ring (bicyclic) bond motifs is 1. The summed E-state index contributed by atoms with van der Waals surface area (Å²) in [4.78, 5) is 54.0. The second-order valence-electron chi connectivity index (χ2n) is 14.5. The molecule has 6 N–H and O–H groups in total. The molecule has 1 saturated heterocycles. The number of nitrogens with zero attached hydrogens (tertiary/aromatic N) is 6. The van der Waals surface area contributed by atoms with E-state index in [0.717, 1.165) is 21.3 Å². The van der Waals surface area contributed by atoms with Crippen LogP contribution in [0.1, 0.15) is 49.6 Å². The van der Waals surface area contributed by atoms with Crippen LogP contribution in [-0.4, -0.2) is 115 Å². The molecule has 0 bridgehead atoms. The van der Waals surface area contributed by atoms with E-state index < -0.39 is 37.9 Å². The first-order valence-corrected chi connectivity index (χ1v) is 21.1. The zero-order valence-corrected chi connectivity index (χ0v) is 34.5. The number of rotatable bonds is 21. The van der Waals surface area contributed by atoms with Crippen molar-refractivity contribution in [2.24, 2.45) is 4.99 Å². The smallest absolute Gasteiger partial charge is 0.484 e. The maximum absolute atomic E-state index is 14.0. The van der Waals surface area contributed by atoms with Gasteiger partial charge >= 0.3 is 13.4 Å². The van der Waals surface area contributed by atoms with Crippen molar-refractivity contribution in [1.82, 2.24) is 34.6 Å². The average Bonchev–Trinajstić information content (AvgIpc) is 4.13. The number of carboxylic acids is 1. The van der Waals surface area contributed by atoms with Crippen molar-refractivity contribution in [2.45, 2.75) is 56.6 Å². The highest BCUT2D eigenvalue weighted by Crippen LogP contribution is 2.33. The molecular weight excluding hydrogens is 839 g/mol. The normalized spacial score (nSPS) is 18.9. The van der Waals surface area contributed by atoms with E-state index in [0.29, 0.717) is 85.2 Å². The number of thiophene rings is 1. The van der Waals surface area contributed by atoms with Gasteiger partial charge in [0.2, 0.25) is 5.91 Å². The zero-order valence-electron chi connectivity index (χ0n) is 33.7. The Kier molecular flexibility index (Phi) is 14.8. The Hall–Kier alpha value is -6.55. The molecule has 0 aliphatic carbocycles. The number of aromatic nitrogens is 5. The minimum atomic E-state index is -2.69. The summed E-state index contributed by atoms with van der Waals surface area (Å²) >= 11 is 1.40. The van der Waals surface area contributed by atoms with Gasteiger partial charge in [-0.25, -0.2) is 24.7 Å². The van der Waals surface area contributed by atoms with Gasteiger partial charge in [0.15, 0.2) is 35.9 Å². The molecule has 1 fully saturated rings. The van der Waals surface area contributed by atoms with Crippen molar-refractivity contribution in [3.8, 4) is 16.3 Å². The fourth-order valence-electron chi connectivity index (χ4n) is 6.89. The minimum absolute atomic E-state index is 0.0790. The van der Waals surface area contributed by atoms with Gasteiger partial charge in [0.1, 0.15) is 24.3 Å². The maximum atomic E-state index is 14.0. The third-order valence-electron chi connectivity index (χ3n) is 10.1. The molecule has 4 atom stereocenters. The van der Waals surface area contributed by atoms with Crippen LogP contribution in [0.4, 0.5) is 14.4 Å². The summed E-state index contributed by atoms with van der Waals surface area (Å²) in [6, 6.07) is 14.2. The van der Waals surface area contributed by atoms with E-state index in [1.54, 1.807) is 36.4 Å². The van der Waals surface area contributed by atoms with E-state index in [-0.39, 0.29) is 24.1 Å². The molecule has 2 amide bonds. The molecule has 328 valence electrons. The van der Waals surface area contributed by atoms with Gasteiger partial charge < -0.3 is 45.2 Å². The van der Waals surface area contributed by atoms with Crippen LogP contribution in [0.5, 0.6) is 5.75 Å². The van der Waals surface area contributed by atoms with E-state index in [9.17, 15) is 38.3 Å². The fraction of sp³-hybridized carbons (Fsp3) is 0.310. The highest BCUT2D eigenvalue weighted by molar-refractivity contribution is 7.13. The number of halogens is 2. The molecule has 0 radical (unpaired) electrons. The number of aliphatic carboxylic acids is 1. The third kappa shape index (κ3) is 11.3. The van der Waals surface area contributed by atoms with Crippen molar-refractivity contribution in [1.29, 1.82) is 0 Å². The van der Waals surface area contributed by atoms with Gasteiger partial charge in [0.05, 0.1) is 23.4 Å². The molecule has 21 heteroatoms. The summed E-state index contributed by atoms with van der Waals surface area (Å²) in [5, 5.41) is 40.4. The number of carboxylic acid groups (broad SMARTS) is 1. The number of carbonyl (C=O) groups is 3. The van der Waals surface area contributed by atoms with Gasteiger partial charge in [0, 0.05) is 36.6 Å². The average molecular weight is 884 g/mol. The first-order chi connectivity index (χ1) is 30.5. The van der Waals surface area contributed by atoms with Crippen LogP contribution < -0.4 is 20.7 Å². The van der Waals surface area contributed by atoms with E-state index in [2.05, 4.69) is 35.9 Å². The number of carbonyl (C=O) groups excluding carboxylic acids is 2. The number of anilines is 1. The Labute approximate surface area is 364 Å². The lowest BCUT2D eigenvalue weighted by Gasteiger charge is -2.16. The molecule has 2 aliphatic heterocycles. The predicted octanol–water partition coefficient (Wildman–Crippen LogP) is 4.57. The summed E-state index contributed by atoms with van der Waals surface area (Å²) < 4.78 is 41.2. The predicted molar refractivity (Wildman–Crippen MR) is 233 cm³/mol. The number of hydrogen-bond donors (Lipinski definition) is 6. The van der Waals surface area contributed by atoms with E-state index in [4.69, 9.17) is 9.47 Å². The molecule has 6 heterocycles. The van der Waals surface area contributed by atoms with Crippen LogP contribution in [0.15, 0.2) is 95.5 Å². The number of allylic oxidation sites excluding steroid dienone is 3. The van der Waals surface area contributed by atoms with E-state index >= 15 is 0 Å². The maximum Gasteiger partial charge on any atom is 0.678 e. The lowest BCUT2D eigenvalue weighted by molar-refractivity contribution is -0.155. The first kappa shape index (κ1) is 44.5. The van der Waals surface area contributed by atoms with E-state index in [1.807, 2.05) is 47.9 Å². The lowest BCUT2D eigenvalue weighted by Crippen LogP contribution is -2.35. The Morgan fingerprint density at radius 1 is 0.905 bits per heavy atom. The van der Waals surface area contributed by atoms with E-state index in [1.165, 1.54) is 28.6 Å². The number of aliphatic hydroxyl groups excluding tert-OH is 2. The molecule has 0 saturated carbocycles. The van der Waals surface area contributed by atoms with Crippen molar-refractivity contribution in [2.75, 3.05) is 31.6 Å². The van der Waals surface area contributed by atoms with Crippen LogP contribution in [0.3, 0.4) is 0 Å². The second-order valence-corrected chi connectivity index (χ2v) is 15.5. The number of hydrogen-bond acceptors (Lipinski definition) is 13. The fourth-order valence-corrected chi connectivity index (χ4v) is 7.64. The van der Waals surface area contributed by atoms with Crippen molar-refractivity contribution >= 4 is 71.4 Å². The molecule has 17 nitrogen and oxygen atoms in total. The van der Waals surface area contributed by atoms with Crippen molar-refractivity contribution in [3.63, 3.8) is 0 Å². The summed E-state index contributed by atoms with van der Waals surface area (Å²) in [5.74, 6) is -0.796. The molecule has 0 unspecified atom stereocenters. The van der Waals surface area contributed by atoms with Crippen molar-refractivity contribution in [3.05, 3.63) is 102 Å². The third-order valence-corrected chi connectivity index (χ3v) is 11.0. The Bertz CT molecular complexity index is 2510. The van der Waals surface area contributed by atoms with Crippen LogP contribution in [0.2, 0.25) is 0 Å². The van der Waals surface area contributed by atoms with Crippen LogP contribution >= 0.6 is 11.3 Å². The zero-order chi connectivity index (χ0) is 44.3. The lowest BCUT2D eigenvalue weighted by atomic mass is 10.1. The summed E-state index contributed by atoms with van der Waals surface area (Å²) in [6.45, 7) is 1.19. The van der Waals surface area contributed by atoms with Gasteiger partial charge in [-0.15, -0.1) is 11.3 Å². The monoisotopic (exact) mass is 883 g/mol. The Morgan fingerprint density at radius 3 is 2.48 bits per heavy atom. The molecular formula is C42H44BF2N9O8S. The minimum Gasteiger partial charge on any atom is -0.484 e. The largest absolute Gasteiger partial charge is 0.678 e. The molecule has 0 spiro atoms. The topological polar surface area (TPSA) is 227 Å². The van der Waals surface area contributed by atoms with Gasteiger partial charge in [-0.05, 0) is 84.8 Å². The number of unbranched alkanes of at least 4 members (excludes halogenated alkanes) is 2. The Morgan fingerprint density at radius 2 is 1.71 bits per heavy atom. The number of amides is 2. The molecule has 2 aliphatic rings. The summed E-state index contributed by atoms with van der Waals surface area (Å²) in [5.41, 5.74) is 3.59. The number of nitrogens with one attached hydrogen (secondary N) is 3. The van der Waals surface area contributed by atoms with Gasteiger partial charge in [0.25, 0.3) is 5.91 Å². The Balaban J connectivity index is 0.735.